The maximum absolute atomic E-state index is 4.31. The molecular weight excluding hydrogens is 236 g/mol. The summed E-state index contributed by atoms with van der Waals surface area (Å²) < 4.78 is 2.30. The highest BCUT2D eigenvalue weighted by Gasteiger charge is 2.35. The van der Waals surface area contributed by atoms with Crippen LogP contribution in [-0.2, 0) is 13.1 Å². The van der Waals surface area contributed by atoms with Crippen LogP contribution in [0.25, 0.3) is 0 Å². The van der Waals surface area contributed by atoms with E-state index < -0.39 is 0 Å². The zero-order valence-electron chi connectivity index (χ0n) is 12.2. The average Bonchev–Trinajstić information content (AvgIpc) is 2.97. The third kappa shape index (κ3) is 2.84. The Morgan fingerprint density at radius 2 is 2.11 bits per heavy atom. The second kappa shape index (κ2) is 5.63. The number of piperidine rings is 1. The maximum Gasteiger partial charge on any atom is 0.0948 e. The quantitative estimate of drug-likeness (QED) is 0.881. The summed E-state index contributed by atoms with van der Waals surface area (Å²) in [5.74, 6) is 0. The number of rotatable bonds is 5. The van der Waals surface area contributed by atoms with Crippen LogP contribution in [0.4, 0.5) is 0 Å². The Bertz CT molecular complexity index is 402. The van der Waals surface area contributed by atoms with Crippen molar-refractivity contribution in [1.82, 2.24) is 19.8 Å². The first-order valence-corrected chi connectivity index (χ1v) is 7.71. The fourth-order valence-corrected chi connectivity index (χ4v) is 3.69. The minimum atomic E-state index is 0.740. The van der Waals surface area contributed by atoms with E-state index in [1.165, 1.54) is 37.8 Å². The fraction of sp³-hybridized carbons (Fsp3) is 0.800. The van der Waals surface area contributed by atoms with Crippen LogP contribution in [0, 0.1) is 0 Å². The highest BCUT2D eigenvalue weighted by Crippen LogP contribution is 2.29. The molecule has 2 unspecified atom stereocenters. The Labute approximate surface area is 116 Å². The lowest BCUT2D eigenvalue weighted by atomic mass is 9.98. The summed E-state index contributed by atoms with van der Waals surface area (Å²) in [5, 5.41) is 3.72. The van der Waals surface area contributed by atoms with E-state index in [1.807, 2.05) is 12.5 Å². The second-order valence-corrected chi connectivity index (χ2v) is 6.26. The smallest absolute Gasteiger partial charge is 0.0948 e. The van der Waals surface area contributed by atoms with E-state index in [0.717, 1.165) is 31.2 Å². The van der Waals surface area contributed by atoms with Gasteiger partial charge in [-0.2, -0.15) is 0 Å². The highest BCUT2D eigenvalue weighted by molar-refractivity contribution is 5.01. The predicted molar refractivity (Wildman–Crippen MR) is 77.0 cm³/mol. The number of hydrogen-bond donors (Lipinski definition) is 1. The molecule has 2 aliphatic rings. The molecule has 0 amide bonds. The molecule has 0 saturated carbocycles. The molecule has 2 atom stereocenters. The maximum atomic E-state index is 4.31. The van der Waals surface area contributed by atoms with E-state index in [1.54, 1.807) is 0 Å². The Morgan fingerprint density at radius 3 is 2.79 bits per heavy atom. The number of hydrogen-bond acceptors (Lipinski definition) is 3. The van der Waals surface area contributed by atoms with Gasteiger partial charge in [0.2, 0.25) is 0 Å². The zero-order valence-corrected chi connectivity index (χ0v) is 12.2. The summed E-state index contributed by atoms with van der Waals surface area (Å²) in [5.41, 5.74) is 1.36. The summed E-state index contributed by atoms with van der Waals surface area (Å²) in [7, 11) is 2.28. The minimum Gasteiger partial charge on any atom is -0.333 e. The lowest BCUT2D eigenvalue weighted by Gasteiger charge is -2.35. The molecule has 2 bridgehead atoms. The van der Waals surface area contributed by atoms with Crippen LogP contribution in [-0.4, -0.2) is 39.6 Å². The second-order valence-electron chi connectivity index (χ2n) is 6.26. The molecule has 0 aromatic carbocycles. The van der Waals surface area contributed by atoms with Crippen molar-refractivity contribution in [3.63, 3.8) is 0 Å². The van der Waals surface area contributed by atoms with E-state index in [4.69, 9.17) is 0 Å². The van der Waals surface area contributed by atoms with Gasteiger partial charge < -0.3 is 9.88 Å². The monoisotopic (exact) mass is 262 g/mol. The van der Waals surface area contributed by atoms with Crippen molar-refractivity contribution >= 4 is 0 Å². The molecule has 0 aliphatic carbocycles. The highest BCUT2D eigenvalue weighted by atomic mass is 15.2. The SMILES string of the molecule is CCCn1cncc1CN(C)C1CC2CCC(C1)N2. The van der Waals surface area contributed by atoms with Gasteiger partial charge in [-0.15, -0.1) is 0 Å². The van der Waals surface area contributed by atoms with Crippen LogP contribution in [0.15, 0.2) is 12.5 Å². The number of aryl methyl sites for hydroxylation is 1. The van der Waals surface area contributed by atoms with Gasteiger partial charge in [0.05, 0.1) is 12.0 Å². The van der Waals surface area contributed by atoms with Gasteiger partial charge in [-0.05, 0) is 39.2 Å². The summed E-state index contributed by atoms with van der Waals surface area (Å²) >= 11 is 0. The van der Waals surface area contributed by atoms with Crippen molar-refractivity contribution in [3.8, 4) is 0 Å². The topological polar surface area (TPSA) is 33.1 Å². The molecule has 4 nitrogen and oxygen atoms in total. The lowest BCUT2D eigenvalue weighted by Crippen LogP contribution is -2.46. The molecule has 2 saturated heterocycles. The molecule has 0 spiro atoms. The van der Waals surface area contributed by atoms with E-state index in [9.17, 15) is 0 Å². The van der Waals surface area contributed by atoms with Crippen molar-refractivity contribution in [2.75, 3.05) is 7.05 Å². The van der Waals surface area contributed by atoms with Crippen LogP contribution in [0.1, 0.15) is 44.7 Å². The largest absolute Gasteiger partial charge is 0.333 e. The Hall–Kier alpha value is -0.870. The molecule has 2 aliphatic heterocycles. The van der Waals surface area contributed by atoms with Crippen LogP contribution in [0.3, 0.4) is 0 Å². The van der Waals surface area contributed by atoms with Crippen molar-refractivity contribution < 1.29 is 0 Å². The number of nitrogens with zero attached hydrogens (tertiary/aromatic N) is 3. The summed E-state index contributed by atoms with van der Waals surface area (Å²) in [6.45, 7) is 4.34. The molecule has 2 fully saturated rings. The van der Waals surface area contributed by atoms with Gasteiger partial charge in [0.15, 0.2) is 0 Å². The first kappa shape index (κ1) is 13.1. The first-order valence-electron chi connectivity index (χ1n) is 7.71. The van der Waals surface area contributed by atoms with Crippen LogP contribution in [0.2, 0.25) is 0 Å². The number of fused-ring (bicyclic) bond motifs is 2. The van der Waals surface area contributed by atoms with E-state index in [0.29, 0.717) is 0 Å². The number of imidazole rings is 1. The standard InChI is InChI=1S/C15H26N4/c1-3-6-19-11-16-9-15(19)10-18(2)14-7-12-4-5-13(8-14)17-12/h9,11-14,17H,3-8,10H2,1-2H3. The van der Waals surface area contributed by atoms with Gasteiger partial charge in [-0.1, -0.05) is 6.92 Å². The zero-order chi connectivity index (χ0) is 13.2. The molecule has 1 aromatic heterocycles. The average molecular weight is 262 g/mol. The summed E-state index contributed by atoms with van der Waals surface area (Å²) in [6, 6.07) is 2.28. The first-order chi connectivity index (χ1) is 9.26. The van der Waals surface area contributed by atoms with Gasteiger partial charge in [0.1, 0.15) is 0 Å². The predicted octanol–water partition coefficient (Wildman–Crippen LogP) is 2.01. The van der Waals surface area contributed by atoms with E-state index >= 15 is 0 Å². The third-order valence-corrected chi connectivity index (χ3v) is 4.75. The molecular formula is C15H26N4. The lowest BCUT2D eigenvalue weighted by molar-refractivity contribution is 0.163. The molecule has 106 valence electrons. The molecule has 19 heavy (non-hydrogen) atoms. The van der Waals surface area contributed by atoms with Gasteiger partial charge >= 0.3 is 0 Å². The van der Waals surface area contributed by atoms with Gasteiger partial charge in [0, 0.05) is 37.4 Å². The van der Waals surface area contributed by atoms with Crippen LogP contribution in [0.5, 0.6) is 0 Å². The van der Waals surface area contributed by atoms with Gasteiger partial charge in [-0.25, -0.2) is 4.98 Å². The molecule has 4 heteroatoms. The van der Waals surface area contributed by atoms with Gasteiger partial charge in [-0.3, -0.25) is 4.90 Å². The van der Waals surface area contributed by atoms with E-state index in [2.05, 4.69) is 33.7 Å². The van der Waals surface area contributed by atoms with Crippen LogP contribution >= 0.6 is 0 Å². The fourth-order valence-electron chi connectivity index (χ4n) is 3.69. The molecule has 3 rings (SSSR count). The minimum absolute atomic E-state index is 0.740. The Kier molecular flexibility index (Phi) is 3.89. The van der Waals surface area contributed by atoms with E-state index in [-0.39, 0.29) is 0 Å². The summed E-state index contributed by atoms with van der Waals surface area (Å²) in [6.07, 6.45) is 10.6. The number of nitrogens with one attached hydrogen (secondary N) is 1. The van der Waals surface area contributed by atoms with Crippen LogP contribution < -0.4 is 5.32 Å². The molecule has 0 radical (unpaired) electrons. The van der Waals surface area contributed by atoms with Crippen molar-refractivity contribution in [2.24, 2.45) is 0 Å². The van der Waals surface area contributed by atoms with Crippen molar-refractivity contribution in [1.29, 1.82) is 0 Å². The Balaban J connectivity index is 1.61. The summed E-state index contributed by atoms with van der Waals surface area (Å²) in [4.78, 5) is 6.84. The molecule has 3 heterocycles. The van der Waals surface area contributed by atoms with Crippen molar-refractivity contribution in [3.05, 3.63) is 18.2 Å². The molecule has 1 N–H and O–H groups in total. The number of aromatic nitrogens is 2. The Morgan fingerprint density at radius 1 is 1.37 bits per heavy atom. The molecule has 1 aromatic rings. The van der Waals surface area contributed by atoms with Crippen molar-refractivity contribution in [2.45, 2.75) is 70.2 Å². The normalized spacial score (nSPS) is 30.2. The third-order valence-electron chi connectivity index (χ3n) is 4.75. The van der Waals surface area contributed by atoms with Gasteiger partial charge in [0.25, 0.3) is 0 Å².